The Morgan fingerprint density at radius 3 is 2.52 bits per heavy atom. The number of benzene rings is 2. The van der Waals surface area contributed by atoms with Crippen LogP contribution in [-0.2, 0) is 6.42 Å². The van der Waals surface area contributed by atoms with E-state index in [9.17, 15) is 4.39 Å². The second kappa shape index (κ2) is 8.99. The van der Waals surface area contributed by atoms with E-state index in [1.807, 2.05) is 25.1 Å². The third kappa shape index (κ3) is 5.44. The van der Waals surface area contributed by atoms with Crippen molar-refractivity contribution in [2.24, 2.45) is 15.9 Å². The predicted molar refractivity (Wildman–Crippen MR) is 96.8 cm³/mol. The van der Waals surface area contributed by atoms with E-state index < -0.39 is 0 Å². The Morgan fingerprint density at radius 1 is 1.09 bits per heavy atom. The van der Waals surface area contributed by atoms with Crippen LogP contribution in [0.1, 0.15) is 25.8 Å². The Hall–Kier alpha value is -2.29. The summed E-state index contributed by atoms with van der Waals surface area (Å²) < 4.78 is 13.4. The lowest BCUT2D eigenvalue weighted by atomic mass is 9.94. The van der Waals surface area contributed by atoms with Gasteiger partial charge in [0.1, 0.15) is 12.2 Å². The molecule has 0 aromatic heterocycles. The van der Waals surface area contributed by atoms with Crippen molar-refractivity contribution < 1.29 is 4.39 Å². The Kier molecular flexibility index (Phi) is 6.67. The van der Waals surface area contributed by atoms with Crippen LogP contribution >= 0.6 is 0 Å². The van der Waals surface area contributed by atoms with Crippen LogP contribution in [0.4, 0.5) is 4.39 Å². The summed E-state index contributed by atoms with van der Waals surface area (Å²) in [6.45, 7) is 4.83. The zero-order valence-electron chi connectivity index (χ0n) is 13.7. The Balaban J connectivity index is 2.09. The summed E-state index contributed by atoms with van der Waals surface area (Å²) in [7, 11) is 0. The number of aliphatic imine (C=N–C) groups is 2. The molecule has 0 saturated heterocycles. The first kappa shape index (κ1) is 17.1. The highest BCUT2D eigenvalue weighted by Crippen LogP contribution is 2.23. The van der Waals surface area contributed by atoms with Gasteiger partial charge in [-0.1, -0.05) is 49.7 Å². The Bertz CT molecular complexity index is 677. The van der Waals surface area contributed by atoms with Crippen molar-refractivity contribution in [3.63, 3.8) is 0 Å². The summed E-state index contributed by atoms with van der Waals surface area (Å²) in [4.78, 5) is 8.34. The van der Waals surface area contributed by atoms with Crippen molar-refractivity contribution in [2.45, 2.75) is 26.7 Å². The van der Waals surface area contributed by atoms with Gasteiger partial charge >= 0.3 is 0 Å². The number of rotatable bonds is 7. The van der Waals surface area contributed by atoms with Crippen molar-refractivity contribution in [1.29, 1.82) is 0 Å². The summed E-state index contributed by atoms with van der Waals surface area (Å²) in [5.74, 6) is 0.284. The molecule has 3 heteroatoms. The molecule has 1 atom stereocenters. The van der Waals surface area contributed by atoms with Gasteiger partial charge in [0, 0.05) is 12.8 Å². The molecule has 120 valence electrons. The lowest BCUT2D eigenvalue weighted by molar-refractivity contribution is 0.520. The molecule has 0 heterocycles. The zero-order valence-corrected chi connectivity index (χ0v) is 13.7. The van der Waals surface area contributed by atoms with Crippen LogP contribution in [0.5, 0.6) is 0 Å². The summed E-state index contributed by atoms with van der Waals surface area (Å²) in [5.41, 5.74) is 3.22. The molecule has 0 saturated carbocycles. The summed E-state index contributed by atoms with van der Waals surface area (Å²) >= 11 is 0. The largest absolute Gasteiger partial charge is 0.273 e. The Labute approximate surface area is 137 Å². The first-order chi connectivity index (χ1) is 11.2. The molecule has 2 rings (SSSR count). The van der Waals surface area contributed by atoms with Crippen LogP contribution in [0.2, 0.25) is 0 Å². The first-order valence-corrected chi connectivity index (χ1v) is 8.04. The third-order valence-corrected chi connectivity index (χ3v) is 3.85. The van der Waals surface area contributed by atoms with Gasteiger partial charge in [-0.25, -0.2) is 9.38 Å². The minimum Gasteiger partial charge on any atom is -0.273 e. The molecular formula is C20H23FN2. The first-order valence-electron chi connectivity index (χ1n) is 8.04. The molecule has 0 radical (unpaired) electrons. The van der Waals surface area contributed by atoms with E-state index in [4.69, 9.17) is 0 Å². The molecule has 2 nitrogen and oxygen atoms in total. The highest BCUT2D eigenvalue weighted by atomic mass is 19.1. The van der Waals surface area contributed by atoms with Gasteiger partial charge in [0.05, 0.1) is 0 Å². The van der Waals surface area contributed by atoms with Gasteiger partial charge in [0.2, 0.25) is 0 Å². The average Bonchev–Trinajstić information content (AvgIpc) is 2.58. The number of nitrogens with zero attached hydrogens (tertiary/aromatic N) is 2. The van der Waals surface area contributed by atoms with E-state index >= 15 is 0 Å². The minimum absolute atomic E-state index is 0.204. The molecule has 0 aliphatic rings. The molecule has 0 fully saturated rings. The molecule has 0 N–H and O–H groups in total. The van der Waals surface area contributed by atoms with E-state index in [2.05, 4.69) is 29.0 Å². The number of hydrogen-bond donors (Lipinski definition) is 0. The smallest absolute Gasteiger partial charge is 0.123 e. The SMILES string of the molecule is CC=NC=NCC(CC)Cc1cccc(-c2cccc(F)c2)c1. The fourth-order valence-corrected chi connectivity index (χ4v) is 2.53. The van der Waals surface area contributed by atoms with E-state index in [1.54, 1.807) is 24.7 Å². The third-order valence-electron chi connectivity index (χ3n) is 3.85. The minimum atomic E-state index is -0.204. The quantitative estimate of drug-likeness (QED) is 0.497. The number of hydrogen-bond acceptors (Lipinski definition) is 1. The van der Waals surface area contributed by atoms with Gasteiger partial charge in [-0.2, -0.15) is 0 Å². The maximum Gasteiger partial charge on any atom is 0.123 e. The van der Waals surface area contributed by atoms with Gasteiger partial charge in [0.15, 0.2) is 0 Å². The molecule has 0 bridgehead atoms. The molecular weight excluding hydrogens is 287 g/mol. The summed E-state index contributed by atoms with van der Waals surface area (Å²) in [6.07, 6.45) is 5.38. The van der Waals surface area contributed by atoms with E-state index in [0.29, 0.717) is 5.92 Å². The lowest BCUT2D eigenvalue weighted by Gasteiger charge is -2.13. The standard InChI is InChI=1S/C20H23FN2/c1-3-16(14-23-15-22-4-2)11-17-7-5-8-18(12-17)19-9-6-10-20(21)13-19/h4-10,12-13,15-16H,3,11,14H2,1-2H3. The van der Waals surface area contributed by atoms with Gasteiger partial charge < -0.3 is 0 Å². The molecule has 0 aliphatic heterocycles. The van der Waals surface area contributed by atoms with Gasteiger partial charge in [0.25, 0.3) is 0 Å². The predicted octanol–water partition coefficient (Wildman–Crippen LogP) is 5.18. The normalized spacial score (nSPS) is 13.0. The van der Waals surface area contributed by atoms with Crippen LogP contribution < -0.4 is 0 Å². The number of halogens is 1. The fraction of sp³-hybridized carbons (Fsp3) is 0.300. The molecule has 2 aromatic rings. The van der Waals surface area contributed by atoms with Crippen LogP contribution in [0.15, 0.2) is 58.5 Å². The van der Waals surface area contributed by atoms with E-state index in [1.165, 1.54) is 11.6 Å². The van der Waals surface area contributed by atoms with Gasteiger partial charge in [-0.05, 0) is 48.1 Å². The average molecular weight is 310 g/mol. The molecule has 0 aliphatic carbocycles. The molecule has 2 aromatic carbocycles. The Morgan fingerprint density at radius 2 is 1.83 bits per heavy atom. The van der Waals surface area contributed by atoms with Crippen LogP contribution in [-0.4, -0.2) is 19.1 Å². The maximum absolute atomic E-state index is 13.4. The van der Waals surface area contributed by atoms with Crippen molar-refractivity contribution in [3.8, 4) is 11.1 Å². The van der Waals surface area contributed by atoms with Crippen LogP contribution in [0, 0.1) is 11.7 Å². The second-order valence-electron chi connectivity index (χ2n) is 5.58. The van der Waals surface area contributed by atoms with Crippen molar-refractivity contribution in [3.05, 3.63) is 59.9 Å². The van der Waals surface area contributed by atoms with Crippen LogP contribution in [0.3, 0.4) is 0 Å². The topological polar surface area (TPSA) is 24.7 Å². The second-order valence-corrected chi connectivity index (χ2v) is 5.58. The summed E-state index contributed by atoms with van der Waals surface area (Å²) in [5, 5.41) is 0. The van der Waals surface area contributed by atoms with Crippen LogP contribution in [0.25, 0.3) is 11.1 Å². The molecule has 23 heavy (non-hydrogen) atoms. The van der Waals surface area contributed by atoms with Gasteiger partial charge in [-0.3, -0.25) is 4.99 Å². The highest BCUT2D eigenvalue weighted by Gasteiger charge is 2.08. The van der Waals surface area contributed by atoms with Crippen molar-refractivity contribution in [2.75, 3.05) is 6.54 Å². The molecule has 0 amide bonds. The molecule has 1 unspecified atom stereocenters. The lowest BCUT2D eigenvalue weighted by Crippen LogP contribution is -2.07. The van der Waals surface area contributed by atoms with Crippen molar-refractivity contribution >= 4 is 12.6 Å². The van der Waals surface area contributed by atoms with Crippen molar-refractivity contribution in [1.82, 2.24) is 0 Å². The summed E-state index contributed by atoms with van der Waals surface area (Å²) in [6, 6.07) is 15.0. The fourth-order valence-electron chi connectivity index (χ4n) is 2.53. The highest BCUT2D eigenvalue weighted by molar-refractivity contribution is 5.70. The zero-order chi connectivity index (χ0) is 16.5. The monoisotopic (exact) mass is 310 g/mol. The maximum atomic E-state index is 13.4. The molecule has 0 spiro atoms. The van der Waals surface area contributed by atoms with Gasteiger partial charge in [-0.15, -0.1) is 0 Å². The van der Waals surface area contributed by atoms with E-state index in [0.717, 1.165) is 30.5 Å². The van der Waals surface area contributed by atoms with E-state index in [-0.39, 0.29) is 5.82 Å².